The molecule has 0 radical (unpaired) electrons. The first kappa shape index (κ1) is 37.7. The van der Waals surface area contributed by atoms with Crippen LogP contribution in [0.25, 0.3) is 133 Å². The molecule has 0 bridgehead atoms. The van der Waals surface area contributed by atoms with Crippen molar-refractivity contribution < 1.29 is 13.3 Å². The molecule has 6 nitrogen and oxygen atoms in total. The number of fused-ring (bicyclic) bond motifs is 19. The summed E-state index contributed by atoms with van der Waals surface area (Å²) in [5, 5.41) is 5.82. The van der Waals surface area contributed by atoms with Crippen molar-refractivity contribution in [3.8, 4) is 67.5 Å². The van der Waals surface area contributed by atoms with Crippen molar-refractivity contribution in [2.24, 2.45) is 0 Å². The summed E-state index contributed by atoms with van der Waals surface area (Å²) < 4.78 is 19.4. The molecule has 10 aromatic carbocycles. The Kier molecular flexibility index (Phi) is 7.45. The average Bonchev–Trinajstić information content (AvgIpc) is 4.24. The van der Waals surface area contributed by atoms with Crippen molar-refractivity contribution in [1.29, 1.82) is 0 Å². The molecule has 1 spiro atoms. The second-order valence-electron chi connectivity index (χ2n) is 18.5. The van der Waals surface area contributed by atoms with Gasteiger partial charge in [-0.05, 0) is 104 Å². The normalized spacial score (nSPS) is 13.3. The van der Waals surface area contributed by atoms with Crippen molar-refractivity contribution >= 4 is 65.8 Å². The van der Waals surface area contributed by atoms with Gasteiger partial charge in [-0.3, -0.25) is 0 Å². The third kappa shape index (κ3) is 4.98. The third-order valence-electron chi connectivity index (χ3n) is 15.0. The SMILES string of the molecule is c1ccc2c(c1)-c1ccccc1C21c2ccccc2-c2cc(-c3ccc4oc5cccc(-c6nc(-c7cccc8oc9ccccc9c78)nc(-c7cccc8oc9ccccc9c78)n6)c5c4c3)ccc21. The van der Waals surface area contributed by atoms with Gasteiger partial charge in [0.25, 0.3) is 0 Å². The molecule has 0 fully saturated rings. The molecule has 0 N–H and O–H groups in total. The van der Waals surface area contributed by atoms with E-state index in [1.54, 1.807) is 0 Å². The van der Waals surface area contributed by atoms with E-state index in [4.69, 9.17) is 28.2 Å². The molecule has 6 heteroatoms. The maximum absolute atomic E-state index is 6.68. The molecule has 4 heterocycles. The fourth-order valence-corrected chi connectivity index (χ4v) is 12.1. The van der Waals surface area contributed by atoms with Crippen LogP contribution in [0.5, 0.6) is 0 Å². The van der Waals surface area contributed by atoms with Crippen molar-refractivity contribution in [3.63, 3.8) is 0 Å². The van der Waals surface area contributed by atoms with Crippen LogP contribution in [0.4, 0.5) is 0 Å². The summed E-state index contributed by atoms with van der Waals surface area (Å²) in [4.78, 5) is 16.1. The van der Waals surface area contributed by atoms with Crippen LogP contribution in [-0.4, -0.2) is 15.0 Å². The Labute approximate surface area is 399 Å². The smallest absolute Gasteiger partial charge is 0.164 e. The molecule has 2 aliphatic carbocycles. The van der Waals surface area contributed by atoms with E-state index in [1.165, 1.54) is 44.5 Å². The summed E-state index contributed by atoms with van der Waals surface area (Å²) in [5.41, 5.74) is 19.5. The van der Waals surface area contributed by atoms with Crippen LogP contribution in [0.15, 0.2) is 226 Å². The van der Waals surface area contributed by atoms with Crippen LogP contribution in [0, 0.1) is 0 Å². The predicted molar refractivity (Wildman–Crippen MR) is 280 cm³/mol. The van der Waals surface area contributed by atoms with E-state index >= 15 is 0 Å². The molecule has 324 valence electrons. The van der Waals surface area contributed by atoms with Gasteiger partial charge in [-0.1, -0.05) is 164 Å². The Morgan fingerprint density at radius 1 is 0.257 bits per heavy atom. The van der Waals surface area contributed by atoms with E-state index < -0.39 is 5.41 Å². The molecule has 0 amide bonds. The van der Waals surface area contributed by atoms with Crippen molar-refractivity contribution in [2.45, 2.75) is 5.41 Å². The molecule has 14 aromatic rings. The lowest BCUT2D eigenvalue weighted by Gasteiger charge is -2.30. The Hall–Kier alpha value is -9.39. The fraction of sp³-hybridized carbons (Fsp3) is 0.0156. The first-order valence-corrected chi connectivity index (χ1v) is 23.7. The van der Waals surface area contributed by atoms with Crippen molar-refractivity contribution in [2.75, 3.05) is 0 Å². The monoisotopic (exact) mass is 893 g/mol. The molecule has 0 aliphatic heterocycles. The lowest BCUT2D eigenvalue weighted by molar-refractivity contribution is 0.668. The first-order valence-electron chi connectivity index (χ1n) is 23.7. The second-order valence-corrected chi connectivity index (χ2v) is 18.5. The molecule has 0 atom stereocenters. The number of benzene rings is 10. The number of hydrogen-bond acceptors (Lipinski definition) is 6. The second kappa shape index (κ2) is 13.8. The first-order chi connectivity index (χ1) is 34.7. The molecule has 0 saturated carbocycles. The molecule has 16 rings (SSSR count). The van der Waals surface area contributed by atoms with Gasteiger partial charge in [0, 0.05) is 49.0 Å². The van der Waals surface area contributed by atoms with Gasteiger partial charge < -0.3 is 13.3 Å². The number of para-hydroxylation sites is 2. The van der Waals surface area contributed by atoms with Crippen LogP contribution in [-0.2, 0) is 5.41 Å². The summed E-state index contributed by atoms with van der Waals surface area (Å²) in [5.74, 6) is 1.61. The summed E-state index contributed by atoms with van der Waals surface area (Å²) in [6.45, 7) is 0. The van der Waals surface area contributed by atoms with E-state index in [9.17, 15) is 0 Å². The van der Waals surface area contributed by atoms with Gasteiger partial charge in [0.1, 0.15) is 33.5 Å². The van der Waals surface area contributed by atoms with E-state index in [0.717, 1.165) is 93.6 Å². The van der Waals surface area contributed by atoms with Crippen LogP contribution in [0.3, 0.4) is 0 Å². The van der Waals surface area contributed by atoms with E-state index in [-0.39, 0.29) is 0 Å². The molecular weight excluding hydrogens is 859 g/mol. The lowest BCUT2D eigenvalue weighted by Crippen LogP contribution is -2.25. The topological polar surface area (TPSA) is 78.1 Å². The van der Waals surface area contributed by atoms with Gasteiger partial charge in [0.15, 0.2) is 17.5 Å². The maximum atomic E-state index is 6.68. The van der Waals surface area contributed by atoms with Crippen molar-refractivity contribution in [3.05, 3.63) is 235 Å². The highest BCUT2D eigenvalue weighted by Gasteiger charge is 2.51. The van der Waals surface area contributed by atoms with Gasteiger partial charge >= 0.3 is 0 Å². The van der Waals surface area contributed by atoms with E-state index in [1.807, 2.05) is 72.8 Å². The number of aromatic nitrogens is 3. The summed E-state index contributed by atoms with van der Waals surface area (Å²) in [6, 6.07) is 75.0. The van der Waals surface area contributed by atoms with Crippen LogP contribution < -0.4 is 0 Å². The van der Waals surface area contributed by atoms with Crippen LogP contribution >= 0.6 is 0 Å². The quantitative estimate of drug-likeness (QED) is 0.175. The van der Waals surface area contributed by atoms with Gasteiger partial charge in [-0.15, -0.1) is 0 Å². The zero-order valence-electron chi connectivity index (χ0n) is 37.3. The Morgan fingerprint density at radius 3 is 1.13 bits per heavy atom. The third-order valence-corrected chi connectivity index (χ3v) is 15.0. The average molecular weight is 894 g/mol. The van der Waals surface area contributed by atoms with Gasteiger partial charge in [-0.2, -0.15) is 0 Å². The van der Waals surface area contributed by atoms with Crippen LogP contribution in [0.2, 0.25) is 0 Å². The Balaban J connectivity index is 0.909. The number of furan rings is 3. The number of rotatable bonds is 4. The molecule has 70 heavy (non-hydrogen) atoms. The van der Waals surface area contributed by atoms with Gasteiger partial charge in [0.2, 0.25) is 0 Å². The maximum Gasteiger partial charge on any atom is 0.164 e. The Bertz CT molecular complexity index is 4390. The van der Waals surface area contributed by atoms with Gasteiger partial charge in [-0.25, -0.2) is 15.0 Å². The summed E-state index contributed by atoms with van der Waals surface area (Å²) >= 11 is 0. The van der Waals surface area contributed by atoms with Crippen molar-refractivity contribution in [1.82, 2.24) is 15.0 Å². The number of nitrogens with zero attached hydrogens (tertiary/aromatic N) is 3. The van der Waals surface area contributed by atoms with E-state index in [0.29, 0.717) is 17.5 Å². The summed E-state index contributed by atoms with van der Waals surface area (Å²) in [7, 11) is 0. The molecular formula is C64H35N3O3. The number of hydrogen-bond donors (Lipinski definition) is 0. The molecule has 0 unspecified atom stereocenters. The highest BCUT2D eigenvalue weighted by Crippen LogP contribution is 2.63. The highest BCUT2D eigenvalue weighted by molar-refractivity contribution is 6.15. The highest BCUT2D eigenvalue weighted by atomic mass is 16.3. The summed E-state index contributed by atoms with van der Waals surface area (Å²) in [6.07, 6.45) is 0. The van der Waals surface area contributed by atoms with E-state index in [2.05, 4.69) is 140 Å². The zero-order chi connectivity index (χ0) is 45.7. The van der Waals surface area contributed by atoms with Crippen LogP contribution in [0.1, 0.15) is 22.3 Å². The standard InChI is InChI=1S/C64H35N3O3/c1-6-22-48-38(14-1)39-15-2-7-23-49(39)64(48)50-24-8-3-16-40(50)46-34-36(30-32-51(46)64)37-31-33-54-47(35-37)60-45(21-13-29-57(60)70-54)63-66-61(43-19-11-27-55-58(43)41-17-4-9-25-52(41)68-55)65-62(67-63)44-20-12-28-56-59(44)42-18-5-10-26-53(42)69-56/h1-35H. The largest absolute Gasteiger partial charge is 0.456 e. The minimum Gasteiger partial charge on any atom is -0.456 e. The minimum atomic E-state index is -0.397. The Morgan fingerprint density at radius 2 is 0.614 bits per heavy atom. The molecule has 2 aliphatic rings. The molecule has 4 aromatic heterocycles. The minimum absolute atomic E-state index is 0.397. The zero-order valence-corrected chi connectivity index (χ0v) is 37.3. The fourth-order valence-electron chi connectivity index (χ4n) is 12.1. The molecule has 0 saturated heterocycles. The lowest BCUT2D eigenvalue weighted by atomic mass is 9.70. The van der Waals surface area contributed by atoms with Gasteiger partial charge in [0.05, 0.1) is 5.41 Å². The predicted octanol–water partition coefficient (Wildman–Crippen LogP) is 16.6.